The molecule has 0 saturated heterocycles. The number of aryl methyl sites for hydroxylation is 1. The quantitative estimate of drug-likeness (QED) is 0.906. The Morgan fingerprint density at radius 3 is 2.76 bits per heavy atom. The van der Waals surface area contributed by atoms with E-state index in [1.807, 2.05) is 6.07 Å². The van der Waals surface area contributed by atoms with Crippen molar-refractivity contribution >= 4 is 6.08 Å². The first-order chi connectivity index (χ1) is 12.3. The molecule has 1 fully saturated rings. The fourth-order valence-corrected chi connectivity index (χ4v) is 3.75. The summed E-state index contributed by atoms with van der Waals surface area (Å²) in [5.74, 6) is 0.420. The van der Waals surface area contributed by atoms with Gasteiger partial charge >= 0.3 is 0 Å². The van der Waals surface area contributed by atoms with E-state index in [0.717, 1.165) is 51.1 Å². The smallest absolute Gasteiger partial charge is 0.101 e. The SMILES string of the molecule is OC(c1cc2n(n1)CCCN(CC=Cc1ccccc1)C2)C1CCC1. The van der Waals surface area contributed by atoms with Crippen LogP contribution in [0.3, 0.4) is 0 Å². The summed E-state index contributed by atoms with van der Waals surface area (Å²) in [6.07, 6.45) is 8.68. The molecule has 0 amide bonds. The summed E-state index contributed by atoms with van der Waals surface area (Å²) in [6.45, 7) is 3.89. The number of aliphatic hydroxyl groups is 1. The number of aliphatic hydroxyl groups excluding tert-OH is 1. The monoisotopic (exact) mass is 337 g/mol. The van der Waals surface area contributed by atoms with Crippen LogP contribution in [0, 0.1) is 5.92 Å². The lowest BCUT2D eigenvalue weighted by molar-refractivity contribution is 0.0581. The van der Waals surface area contributed by atoms with Crippen LogP contribution in [0.4, 0.5) is 0 Å². The third-order valence-corrected chi connectivity index (χ3v) is 5.48. The molecule has 2 aliphatic rings. The molecule has 1 aromatic heterocycles. The van der Waals surface area contributed by atoms with Crippen LogP contribution < -0.4 is 0 Å². The lowest BCUT2D eigenvalue weighted by Crippen LogP contribution is -2.23. The van der Waals surface area contributed by atoms with Gasteiger partial charge in [-0.3, -0.25) is 9.58 Å². The zero-order valence-electron chi connectivity index (χ0n) is 14.7. The lowest BCUT2D eigenvalue weighted by atomic mass is 9.80. The Morgan fingerprint density at radius 1 is 1.16 bits per heavy atom. The number of hydrogen-bond acceptors (Lipinski definition) is 3. The molecule has 132 valence electrons. The van der Waals surface area contributed by atoms with Gasteiger partial charge in [-0.1, -0.05) is 48.9 Å². The summed E-state index contributed by atoms with van der Waals surface area (Å²) in [6, 6.07) is 12.6. The number of hydrogen-bond donors (Lipinski definition) is 1. The molecule has 1 aliphatic heterocycles. The first-order valence-electron chi connectivity index (χ1n) is 9.48. The molecule has 1 unspecified atom stereocenters. The van der Waals surface area contributed by atoms with Crippen LogP contribution in [0.2, 0.25) is 0 Å². The average Bonchev–Trinajstić information content (AvgIpc) is 2.88. The van der Waals surface area contributed by atoms with E-state index in [1.165, 1.54) is 17.7 Å². The van der Waals surface area contributed by atoms with E-state index in [9.17, 15) is 5.11 Å². The Labute approximate surface area is 149 Å². The van der Waals surface area contributed by atoms with Gasteiger partial charge in [-0.2, -0.15) is 5.10 Å². The van der Waals surface area contributed by atoms with Crippen LogP contribution >= 0.6 is 0 Å². The molecule has 1 N–H and O–H groups in total. The van der Waals surface area contributed by atoms with Crippen LogP contribution in [0.5, 0.6) is 0 Å². The molecule has 25 heavy (non-hydrogen) atoms. The summed E-state index contributed by atoms with van der Waals surface area (Å²) in [5, 5.41) is 15.2. The second-order valence-electron chi connectivity index (χ2n) is 7.32. The van der Waals surface area contributed by atoms with Gasteiger partial charge in [0.25, 0.3) is 0 Å². The maximum atomic E-state index is 10.5. The highest BCUT2D eigenvalue weighted by atomic mass is 16.3. The van der Waals surface area contributed by atoms with Crippen LogP contribution in [0.1, 0.15) is 48.7 Å². The maximum absolute atomic E-state index is 10.5. The topological polar surface area (TPSA) is 41.3 Å². The minimum atomic E-state index is -0.375. The van der Waals surface area contributed by atoms with Gasteiger partial charge < -0.3 is 5.11 Å². The fourth-order valence-electron chi connectivity index (χ4n) is 3.75. The molecular weight excluding hydrogens is 310 g/mol. The molecular formula is C21H27N3O. The zero-order valence-corrected chi connectivity index (χ0v) is 14.7. The van der Waals surface area contributed by atoms with Gasteiger partial charge in [-0.05, 0) is 36.8 Å². The second-order valence-corrected chi connectivity index (χ2v) is 7.32. The van der Waals surface area contributed by atoms with Gasteiger partial charge in [0.1, 0.15) is 6.10 Å². The number of nitrogens with zero attached hydrogens (tertiary/aromatic N) is 3. The summed E-state index contributed by atoms with van der Waals surface area (Å²) >= 11 is 0. The van der Waals surface area contributed by atoms with Crippen molar-refractivity contribution in [3.05, 3.63) is 59.4 Å². The van der Waals surface area contributed by atoms with Crippen LogP contribution in [0.15, 0.2) is 42.5 Å². The molecule has 4 rings (SSSR count). The molecule has 0 radical (unpaired) electrons. The van der Waals surface area contributed by atoms with Crippen molar-refractivity contribution in [2.24, 2.45) is 5.92 Å². The Hall–Kier alpha value is -1.91. The molecule has 2 aromatic rings. The van der Waals surface area contributed by atoms with Crippen molar-refractivity contribution < 1.29 is 5.11 Å². The zero-order chi connectivity index (χ0) is 17.1. The summed E-state index contributed by atoms with van der Waals surface area (Å²) in [7, 11) is 0. The largest absolute Gasteiger partial charge is 0.386 e. The van der Waals surface area contributed by atoms with E-state index in [0.29, 0.717) is 5.92 Å². The molecule has 0 spiro atoms. The minimum absolute atomic E-state index is 0.375. The van der Waals surface area contributed by atoms with Gasteiger partial charge in [0.2, 0.25) is 0 Å². The highest BCUT2D eigenvalue weighted by Gasteiger charge is 2.29. The number of aromatic nitrogens is 2. The predicted molar refractivity (Wildman–Crippen MR) is 99.9 cm³/mol. The van der Waals surface area contributed by atoms with Crippen molar-refractivity contribution in [2.75, 3.05) is 13.1 Å². The highest BCUT2D eigenvalue weighted by Crippen LogP contribution is 2.37. The van der Waals surface area contributed by atoms with E-state index in [1.54, 1.807) is 0 Å². The molecule has 1 aromatic carbocycles. The van der Waals surface area contributed by atoms with Gasteiger partial charge in [-0.25, -0.2) is 0 Å². The van der Waals surface area contributed by atoms with E-state index in [4.69, 9.17) is 5.10 Å². The Kier molecular flexibility index (Phi) is 4.99. The fraction of sp³-hybridized carbons (Fsp3) is 0.476. The third-order valence-electron chi connectivity index (χ3n) is 5.48. The third kappa shape index (κ3) is 3.86. The summed E-state index contributed by atoms with van der Waals surface area (Å²) in [4.78, 5) is 2.46. The van der Waals surface area contributed by atoms with Crippen molar-refractivity contribution in [2.45, 2.75) is 44.9 Å². The van der Waals surface area contributed by atoms with E-state index < -0.39 is 0 Å². The van der Waals surface area contributed by atoms with Crippen molar-refractivity contribution in [1.29, 1.82) is 0 Å². The van der Waals surface area contributed by atoms with E-state index in [2.05, 4.69) is 52.1 Å². The molecule has 2 heterocycles. The van der Waals surface area contributed by atoms with Gasteiger partial charge in [-0.15, -0.1) is 0 Å². The van der Waals surface area contributed by atoms with Crippen molar-refractivity contribution in [1.82, 2.24) is 14.7 Å². The van der Waals surface area contributed by atoms with Crippen LogP contribution in [-0.2, 0) is 13.1 Å². The Balaban J connectivity index is 1.40. The minimum Gasteiger partial charge on any atom is -0.386 e. The number of rotatable bonds is 5. The second kappa shape index (κ2) is 7.54. The molecule has 1 saturated carbocycles. The van der Waals surface area contributed by atoms with Gasteiger partial charge in [0, 0.05) is 26.2 Å². The van der Waals surface area contributed by atoms with Crippen LogP contribution in [-0.4, -0.2) is 32.9 Å². The summed E-state index contributed by atoms with van der Waals surface area (Å²) in [5.41, 5.74) is 3.36. The number of benzene rings is 1. The van der Waals surface area contributed by atoms with Gasteiger partial charge in [0.05, 0.1) is 11.4 Å². The molecule has 1 aliphatic carbocycles. The average molecular weight is 337 g/mol. The van der Waals surface area contributed by atoms with E-state index >= 15 is 0 Å². The predicted octanol–water partition coefficient (Wildman–Crippen LogP) is 3.64. The molecule has 0 bridgehead atoms. The first-order valence-corrected chi connectivity index (χ1v) is 9.48. The van der Waals surface area contributed by atoms with Crippen molar-refractivity contribution in [3.63, 3.8) is 0 Å². The molecule has 4 heteroatoms. The van der Waals surface area contributed by atoms with Gasteiger partial charge in [0.15, 0.2) is 0 Å². The standard InChI is InChI=1S/C21H27N3O/c25-21(18-10-4-11-18)20-15-19-16-23(13-6-14-24(19)22-20)12-5-9-17-7-2-1-3-8-17/h1-3,5,7-9,15,18,21,25H,4,6,10-14,16H2. The molecule has 4 nitrogen and oxygen atoms in total. The lowest BCUT2D eigenvalue weighted by Gasteiger charge is -2.29. The van der Waals surface area contributed by atoms with Crippen molar-refractivity contribution in [3.8, 4) is 0 Å². The summed E-state index contributed by atoms with van der Waals surface area (Å²) < 4.78 is 2.11. The Morgan fingerprint density at radius 2 is 2.00 bits per heavy atom. The first kappa shape index (κ1) is 16.6. The highest BCUT2D eigenvalue weighted by molar-refractivity contribution is 5.48. The normalized spacial score (nSPS) is 20.2. The Bertz CT molecular complexity index is 718. The molecule has 1 atom stereocenters. The van der Waals surface area contributed by atoms with Crippen LogP contribution in [0.25, 0.3) is 6.08 Å². The van der Waals surface area contributed by atoms with E-state index in [-0.39, 0.29) is 6.10 Å². The number of fused-ring (bicyclic) bond motifs is 1. The maximum Gasteiger partial charge on any atom is 0.101 e.